The molecule has 6 rings (SSSR count). The van der Waals surface area contributed by atoms with Crippen molar-refractivity contribution in [3.63, 3.8) is 0 Å². The number of carbonyl (C=O) groups excluding carboxylic acids is 2. The molecule has 0 amide bonds. The normalized spacial score (nSPS) is 17.6. The fourth-order valence-electron chi connectivity index (χ4n) is 4.72. The van der Waals surface area contributed by atoms with E-state index in [9.17, 15) is 14.4 Å². The molecule has 0 bridgehead atoms. The van der Waals surface area contributed by atoms with Crippen molar-refractivity contribution in [3.8, 4) is 17.2 Å². The van der Waals surface area contributed by atoms with E-state index in [0.717, 1.165) is 5.39 Å². The molecular formula is C28H19NO6. The zero-order valence-electron chi connectivity index (χ0n) is 18.7. The van der Waals surface area contributed by atoms with Crippen LogP contribution >= 0.6 is 0 Å². The first-order valence-corrected chi connectivity index (χ1v) is 11.1. The van der Waals surface area contributed by atoms with Crippen molar-refractivity contribution in [3.05, 3.63) is 105 Å². The summed E-state index contributed by atoms with van der Waals surface area (Å²) in [5, 5.41) is 0.837. The molecule has 172 valence electrons. The van der Waals surface area contributed by atoms with E-state index >= 15 is 0 Å². The number of hydrogen-bond donors (Lipinski definition) is 1. The molecule has 4 aromatic rings. The van der Waals surface area contributed by atoms with Gasteiger partial charge in [0.1, 0.15) is 17.2 Å². The fraction of sp³-hybridized carbons (Fsp3) is 0.107. The van der Waals surface area contributed by atoms with E-state index in [0.29, 0.717) is 39.3 Å². The first-order chi connectivity index (χ1) is 17.0. The summed E-state index contributed by atoms with van der Waals surface area (Å²) in [6.07, 6.45) is 1.58. The number of Topliss-reactive ketones (excluding diaryl/α,β-unsaturated/α-hetero) is 1. The molecule has 35 heavy (non-hydrogen) atoms. The number of ketones is 1. The summed E-state index contributed by atoms with van der Waals surface area (Å²) in [7, 11) is 1.56. The van der Waals surface area contributed by atoms with Gasteiger partial charge in [0.25, 0.3) is 5.56 Å². The molecule has 0 radical (unpaired) electrons. The number of para-hydroxylation sites is 2. The van der Waals surface area contributed by atoms with E-state index in [1.165, 1.54) is 0 Å². The molecule has 3 aromatic carbocycles. The van der Waals surface area contributed by atoms with Gasteiger partial charge in [-0.15, -0.1) is 0 Å². The molecule has 1 aromatic heterocycles. The second-order valence-electron chi connectivity index (χ2n) is 8.41. The molecule has 2 aliphatic heterocycles. The van der Waals surface area contributed by atoms with Gasteiger partial charge < -0.3 is 19.2 Å². The monoisotopic (exact) mass is 465 g/mol. The molecule has 7 heteroatoms. The Kier molecular flexibility index (Phi) is 4.77. The number of fused-ring (bicyclic) bond motifs is 4. The number of nitrogens with one attached hydrogen (secondary N) is 1. The van der Waals surface area contributed by atoms with Gasteiger partial charge in [-0.25, -0.2) is 0 Å². The summed E-state index contributed by atoms with van der Waals surface area (Å²) in [5.74, 6) is -0.0682. The minimum atomic E-state index is -0.632. The quantitative estimate of drug-likeness (QED) is 0.270. The van der Waals surface area contributed by atoms with E-state index < -0.39 is 11.9 Å². The topological polar surface area (TPSA) is 94.7 Å². The number of allylic oxidation sites excluding steroid dienone is 1. The van der Waals surface area contributed by atoms with Gasteiger partial charge in [-0.2, -0.15) is 0 Å². The number of aromatic amines is 1. The molecule has 3 heterocycles. The smallest absolute Gasteiger partial charge is 0.312 e. The lowest BCUT2D eigenvalue weighted by Gasteiger charge is -2.26. The number of esters is 1. The third-order valence-electron chi connectivity index (χ3n) is 6.36. The van der Waals surface area contributed by atoms with Crippen molar-refractivity contribution in [1.29, 1.82) is 0 Å². The third-order valence-corrected chi connectivity index (χ3v) is 6.36. The van der Waals surface area contributed by atoms with Crippen LogP contribution in [0.3, 0.4) is 0 Å². The van der Waals surface area contributed by atoms with Crippen molar-refractivity contribution in [2.24, 2.45) is 0 Å². The number of carbonyl (C=O) groups is 2. The lowest BCUT2D eigenvalue weighted by molar-refractivity contribution is -0.135. The van der Waals surface area contributed by atoms with Gasteiger partial charge in [0.05, 0.1) is 19.1 Å². The van der Waals surface area contributed by atoms with E-state index in [2.05, 4.69) is 4.98 Å². The maximum atomic E-state index is 13.2. The van der Waals surface area contributed by atoms with Crippen LogP contribution in [0.4, 0.5) is 0 Å². The van der Waals surface area contributed by atoms with Crippen LogP contribution in [0.2, 0.25) is 0 Å². The molecule has 0 saturated carbocycles. The Hall–Kier alpha value is -4.65. The zero-order valence-corrected chi connectivity index (χ0v) is 18.7. The number of hydrogen-bond acceptors (Lipinski definition) is 6. The Bertz CT molecular complexity index is 1630. The number of benzene rings is 3. The molecule has 1 N–H and O–H groups in total. The average Bonchev–Trinajstić information content (AvgIpc) is 3.18. The highest BCUT2D eigenvalue weighted by Crippen LogP contribution is 2.48. The Morgan fingerprint density at radius 3 is 2.63 bits per heavy atom. The summed E-state index contributed by atoms with van der Waals surface area (Å²) in [6, 6.07) is 19.7. The first-order valence-electron chi connectivity index (χ1n) is 11.1. The fourth-order valence-corrected chi connectivity index (χ4v) is 4.72. The highest BCUT2D eigenvalue weighted by atomic mass is 16.5. The molecule has 7 nitrogen and oxygen atoms in total. The van der Waals surface area contributed by atoms with Gasteiger partial charge in [-0.3, -0.25) is 14.4 Å². The van der Waals surface area contributed by atoms with Crippen molar-refractivity contribution in [2.45, 2.75) is 12.3 Å². The van der Waals surface area contributed by atoms with E-state index in [1.807, 2.05) is 42.5 Å². The number of rotatable bonds is 3. The molecule has 0 saturated heterocycles. The molecule has 2 aliphatic rings. The Morgan fingerprint density at radius 2 is 1.77 bits per heavy atom. The van der Waals surface area contributed by atoms with Gasteiger partial charge in [-0.05, 0) is 41.8 Å². The molecule has 0 fully saturated rings. The number of aromatic nitrogens is 1. The predicted octanol–water partition coefficient (Wildman–Crippen LogP) is 4.59. The van der Waals surface area contributed by atoms with Crippen LogP contribution in [0.5, 0.6) is 17.2 Å². The van der Waals surface area contributed by atoms with E-state index in [1.54, 1.807) is 37.5 Å². The van der Waals surface area contributed by atoms with Crippen LogP contribution in [-0.2, 0) is 4.79 Å². The standard InChI is InChI=1S/C28H19NO6/c1-33-21-9-5-3-7-16(21)13-23-26(31)17-10-11-22-25(27(17)35-23)18(14-24(30)34-22)19-12-15-6-2-4-8-20(15)29-28(19)32/h2-13,18H,14H2,1H3,(H,29,32)/b23-13-/t18-/m0/s1. The maximum absolute atomic E-state index is 13.2. The van der Waals surface area contributed by atoms with Crippen LogP contribution in [-0.4, -0.2) is 23.8 Å². The predicted molar refractivity (Wildman–Crippen MR) is 129 cm³/mol. The number of ether oxygens (including phenoxy) is 3. The van der Waals surface area contributed by atoms with E-state index in [4.69, 9.17) is 14.2 Å². The van der Waals surface area contributed by atoms with Crippen LogP contribution < -0.4 is 19.8 Å². The SMILES string of the molecule is COc1ccccc1/C=C1\Oc2c(ccc3c2[C@H](c2cc4ccccc4[nH]c2=O)CC(=O)O3)C1=O. The first kappa shape index (κ1) is 20.9. The van der Waals surface area contributed by atoms with Gasteiger partial charge in [0, 0.05) is 28.1 Å². The molecule has 1 atom stereocenters. The van der Waals surface area contributed by atoms with Crippen LogP contribution in [0.15, 0.2) is 77.3 Å². The van der Waals surface area contributed by atoms with Crippen molar-refractivity contribution >= 4 is 28.7 Å². The zero-order chi connectivity index (χ0) is 24.1. The van der Waals surface area contributed by atoms with Crippen molar-refractivity contribution in [2.75, 3.05) is 7.11 Å². The molecule has 0 aliphatic carbocycles. The summed E-state index contributed by atoms with van der Waals surface area (Å²) in [4.78, 5) is 41.6. The summed E-state index contributed by atoms with van der Waals surface area (Å²) in [6.45, 7) is 0. The minimum absolute atomic E-state index is 0.0476. The van der Waals surface area contributed by atoms with Gasteiger partial charge in [0.15, 0.2) is 5.76 Å². The van der Waals surface area contributed by atoms with Gasteiger partial charge in [0.2, 0.25) is 5.78 Å². The van der Waals surface area contributed by atoms with Crippen LogP contribution in [0, 0.1) is 0 Å². The third kappa shape index (κ3) is 3.40. The Labute approximate surface area is 199 Å². The van der Waals surface area contributed by atoms with Crippen molar-refractivity contribution < 1.29 is 23.8 Å². The number of methoxy groups -OCH3 is 1. The number of pyridine rings is 1. The Balaban J connectivity index is 1.50. The summed E-state index contributed by atoms with van der Waals surface area (Å²) in [5.41, 5.74) is 2.36. The Morgan fingerprint density at radius 1 is 0.971 bits per heavy atom. The summed E-state index contributed by atoms with van der Waals surface area (Å²) >= 11 is 0. The lowest BCUT2D eigenvalue weighted by Crippen LogP contribution is -2.26. The van der Waals surface area contributed by atoms with Gasteiger partial charge in [-0.1, -0.05) is 36.4 Å². The molecule has 0 unspecified atom stereocenters. The minimum Gasteiger partial charge on any atom is -0.496 e. The van der Waals surface area contributed by atoms with Gasteiger partial charge >= 0.3 is 5.97 Å². The molecular weight excluding hydrogens is 446 g/mol. The van der Waals surface area contributed by atoms with Crippen molar-refractivity contribution in [1.82, 2.24) is 4.98 Å². The highest BCUT2D eigenvalue weighted by molar-refractivity contribution is 6.15. The lowest BCUT2D eigenvalue weighted by atomic mass is 9.85. The van der Waals surface area contributed by atoms with Crippen LogP contribution in [0.25, 0.3) is 17.0 Å². The largest absolute Gasteiger partial charge is 0.496 e. The number of H-pyrrole nitrogens is 1. The average molecular weight is 465 g/mol. The van der Waals surface area contributed by atoms with E-state index in [-0.39, 0.29) is 29.3 Å². The summed E-state index contributed by atoms with van der Waals surface area (Å²) < 4.78 is 17.0. The highest BCUT2D eigenvalue weighted by Gasteiger charge is 2.39. The maximum Gasteiger partial charge on any atom is 0.312 e. The second kappa shape index (κ2) is 7.99. The second-order valence-corrected chi connectivity index (χ2v) is 8.41. The van der Waals surface area contributed by atoms with Crippen LogP contribution in [0.1, 0.15) is 39.4 Å². The molecule has 0 spiro atoms.